The average Bonchev–Trinajstić information content (AvgIpc) is 2.93. The van der Waals surface area contributed by atoms with Crippen molar-refractivity contribution in [2.24, 2.45) is 0 Å². The van der Waals surface area contributed by atoms with E-state index in [1.807, 2.05) is 12.1 Å². The zero-order valence-corrected chi connectivity index (χ0v) is 11.5. The molecule has 2 aromatic rings. The van der Waals surface area contributed by atoms with Crippen LogP contribution in [0.3, 0.4) is 0 Å². The molecular formula is C12H11BrN2OS. The van der Waals surface area contributed by atoms with E-state index in [-0.39, 0.29) is 0 Å². The lowest BCUT2D eigenvalue weighted by atomic mass is 10.3. The minimum Gasteiger partial charge on any atom is -0.449 e. The van der Waals surface area contributed by atoms with Crippen molar-refractivity contribution >= 4 is 27.3 Å². The molecular weight excluding hydrogens is 300 g/mol. The largest absolute Gasteiger partial charge is 0.449 e. The average molecular weight is 311 g/mol. The first kappa shape index (κ1) is 12.4. The molecule has 0 amide bonds. The van der Waals surface area contributed by atoms with Gasteiger partial charge in [-0.3, -0.25) is 0 Å². The monoisotopic (exact) mass is 310 g/mol. The highest BCUT2D eigenvalue weighted by atomic mass is 79.9. The molecule has 0 radical (unpaired) electrons. The lowest BCUT2D eigenvalue weighted by Gasteiger charge is -2.00. The fraction of sp³-hybridized carbons (Fsp3) is 0.250. The molecule has 0 aliphatic heterocycles. The van der Waals surface area contributed by atoms with Crippen LogP contribution in [0.5, 0.6) is 0 Å². The Morgan fingerprint density at radius 3 is 2.88 bits per heavy atom. The van der Waals surface area contributed by atoms with Crippen LogP contribution >= 0.6 is 27.3 Å². The number of hydrogen-bond acceptors (Lipinski definition) is 4. The molecule has 0 spiro atoms. The lowest BCUT2D eigenvalue weighted by Crippen LogP contribution is -2.15. The summed E-state index contributed by atoms with van der Waals surface area (Å²) in [6, 6.07) is 9.67. The highest BCUT2D eigenvalue weighted by Crippen LogP contribution is 2.22. The van der Waals surface area contributed by atoms with E-state index in [0.29, 0.717) is 12.3 Å². The molecule has 0 atom stereocenters. The van der Waals surface area contributed by atoms with Crippen molar-refractivity contribution in [2.75, 3.05) is 6.54 Å². The van der Waals surface area contributed by atoms with Crippen LogP contribution in [0.4, 0.5) is 0 Å². The van der Waals surface area contributed by atoms with E-state index >= 15 is 0 Å². The standard InChI is InChI=1S/C12H11BrN2OS/c13-12-4-3-11(17-12)5-6-15-8-10-2-1-9(7-14)16-10/h1-4,15H,5-6,8H2. The fourth-order valence-corrected chi connectivity index (χ4v) is 2.92. The van der Waals surface area contributed by atoms with Gasteiger partial charge in [0.1, 0.15) is 11.8 Å². The maximum absolute atomic E-state index is 8.61. The number of furan rings is 1. The van der Waals surface area contributed by atoms with E-state index in [1.54, 1.807) is 17.4 Å². The maximum Gasteiger partial charge on any atom is 0.203 e. The van der Waals surface area contributed by atoms with Gasteiger partial charge in [0.15, 0.2) is 0 Å². The maximum atomic E-state index is 8.61. The van der Waals surface area contributed by atoms with Crippen LogP contribution < -0.4 is 5.32 Å². The molecule has 0 saturated heterocycles. The molecule has 2 rings (SSSR count). The second kappa shape index (κ2) is 6.01. The third-order valence-corrected chi connectivity index (χ3v) is 3.93. The molecule has 0 aliphatic rings. The topological polar surface area (TPSA) is 49.0 Å². The molecule has 2 heterocycles. The van der Waals surface area contributed by atoms with Crippen molar-refractivity contribution in [1.82, 2.24) is 5.32 Å². The minimum absolute atomic E-state index is 0.365. The predicted octanol–water partition coefficient (Wildman–Crippen LogP) is 3.31. The van der Waals surface area contributed by atoms with Crippen LogP contribution in [0.25, 0.3) is 0 Å². The highest BCUT2D eigenvalue weighted by molar-refractivity contribution is 9.11. The predicted molar refractivity (Wildman–Crippen MR) is 70.9 cm³/mol. The van der Waals surface area contributed by atoms with Gasteiger partial charge in [0.05, 0.1) is 10.3 Å². The third kappa shape index (κ3) is 3.70. The second-order valence-corrected chi connectivity index (χ2v) is 6.06. The second-order valence-electron chi connectivity index (χ2n) is 3.51. The molecule has 0 unspecified atom stereocenters. The van der Waals surface area contributed by atoms with Crippen LogP contribution in [-0.2, 0) is 13.0 Å². The Labute approximate surface area is 112 Å². The first-order valence-electron chi connectivity index (χ1n) is 5.21. The molecule has 0 aromatic carbocycles. The van der Waals surface area contributed by atoms with Crippen LogP contribution in [0.1, 0.15) is 16.4 Å². The molecule has 17 heavy (non-hydrogen) atoms. The third-order valence-electron chi connectivity index (χ3n) is 2.25. The van der Waals surface area contributed by atoms with E-state index in [4.69, 9.17) is 9.68 Å². The molecule has 2 aromatic heterocycles. The molecule has 0 fully saturated rings. The summed E-state index contributed by atoms with van der Waals surface area (Å²) >= 11 is 5.19. The number of halogens is 1. The fourth-order valence-electron chi connectivity index (χ4n) is 1.44. The van der Waals surface area contributed by atoms with Crippen LogP contribution in [-0.4, -0.2) is 6.54 Å². The normalized spacial score (nSPS) is 10.4. The number of nitriles is 1. The van der Waals surface area contributed by atoms with Crippen LogP contribution in [0.2, 0.25) is 0 Å². The Kier molecular flexibility index (Phi) is 4.37. The van der Waals surface area contributed by atoms with Crippen molar-refractivity contribution in [1.29, 1.82) is 5.26 Å². The van der Waals surface area contributed by atoms with Gasteiger partial charge in [0, 0.05) is 11.4 Å². The van der Waals surface area contributed by atoms with E-state index in [2.05, 4.69) is 33.4 Å². The van der Waals surface area contributed by atoms with Gasteiger partial charge in [0.2, 0.25) is 5.76 Å². The van der Waals surface area contributed by atoms with Crippen molar-refractivity contribution < 1.29 is 4.42 Å². The van der Waals surface area contributed by atoms with Gasteiger partial charge in [0.25, 0.3) is 0 Å². The summed E-state index contributed by atoms with van der Waals surface area (Å²) in [6.07, 6.45) is 1.00. The Balaban J connectivity index is 1.71. The van der Waals surface area contributed by atoms with Gasteiger partial charge < -0.3 is 9.73 Å². The molecule has 5 heteroatoms. The smallest absolute Gasteiger partial charge is 0.203 e. The van der Waals surface area contributed by atoms with Gasteiger partial charge >= 0.3 is 0 Å². The summed E-state index contributed by atoms with van der Waals surface area (Å²) in [5, 5.41) is 11.9. The van der Waals surface area contributed by atoms with E-state index < -0.39 is 0 Å². The van der Waals surface area contributed by atoms with Gasteiger partial charge in [-0.15, -0.1) is 11.3 Å². The summed E-state index contributed by atoms with van der Waals surface area (Å²) in [5.74, 6) is 1.16. The molecule has 88 valence electrons. The summed E-state index contributed by atoms with van der Waals surface area (Å²) in [4.78, 5) is 1.35. The Hall–Kier alpha value is -1.09. The van der Waals surface area contributed by atoms with Gasteiger partial charge in [-0.05, 0) is 46.6 Å². The number of rotatable bonds is 5. The van der Waals surface area contributed by atoms with E-state index in [0.717, 1.165) is 22.5 Å². The summed E-state index contributed by atoms with van der Waals surface area (Å²) < 4.78 is 6.42. The van der Waals surface area contributed by atoms with Gasteiger partial charge in [-0.2, -0.15) is 5.26 Å². The molecule has 0 saturated carbocycles. The number of nitrogens with zero attached hydrogens (tertiary/aromatic N) is 1. The summed E-state index contributed by atoms with van der Waals surface area (Å²) in [5.41, 5.74) is 0. The van der Waals surface area contributed by atoms with Gasteiger partial charge in [-0.1, -0.05) is 0 Å². The van der Waals surface area contributed by atoms with Crippen molar-refractivity contribution in [3.05, 3.63) is 44.4 Å². The molecule has 3 nitrogen and oxygen atoms in total. The first-order valence-corrected chi connectivity index (χ1v) is 6.82. The van der Waals surface area contributed by atoms with Crippen LogP contribution in [0, 0.1) is 11.3 Å². The number of thiophene rings is 1. The van der Waals surface area contributed by atoms with Crippen molar-refractivity contribution in [2.45, 2.75) is 13.0 Å². The quantitative estimate of drug-likeness (QED) is 0.862. The van der Waals surface area contributed by atoms with Crippen molar-refractivity contribution in [3.8, 4) is 6.07 Å². The minimum atomic E-state index is 0.365. The molecule has 1 N–H and O–H groups in total. The highest BCUT2D eigenvalue weighted by Gasteiger charge is 2.01. The number of nitrogens with one attached hydrogen (secondary N) is 1. The zero-order valence-electron chi connectivity index (χ0n) is 9.07. The Morgan fingerprint density at radius 2 is 2.24 bits per heavy atom. The SMILES string of the molecule is N#Cc1ccc(CNCCc2ccc(Br)s2)o1. The lowest BCUT2D eigenvalue weighted by molar-refractivity contribution is 0.475. The van der Waals surface area contributed by atoms with Crippen LogP contribution in [0.15, 0.2) is 32.5 Å². The zero-order chi connectivity index (χ0) is 12.1. The Bertz CT molecular complexity index is 527. The Morgan fingerprint density at radius 1 is 1.35 bits per heavy atom. The molecule has 0 bridgehead atoms. The summed E-state index contributed by atoms with van der Waals surface area (Å²) in [7, 11) is 0. The van der Waals surface area contributed by atoms with Gasteiger partial charge in [-0.25, -0.2) is 0 Å². The van der Waals surface area contributed by atoms with E-state index in [9.17, 15) is 0 Å². The first-order chi connectivity index (χ1) is 8.28. The van der Waals surface area contributed by atoms with E-state index in [1.165, 1.54) is 4.88 Å². The number of hydrogen-bond donors (Lipinski definition) is 1. The van der Waals surface area contributed by atoms with Crippen molar-refractivity contribution in [3.63, 3.8) is 0 Å². The molecule has 0 aliphatic carbocycles. The summed E-state index contributed by atoms with van der Waals surface area (Å²) in [6.45, 7) is 1.56.